The molecule has 12 heteroatoms. The Morgan fingerprint density at radius 3 is 2.51 bits per heavy atom. The van der Waals surface area contributed by atoms with E-state index in [0.29, 0.717) is 22.7 Å². The second kappa shape index (κ2) is 16.4. The Balaban J connectivity index is 0.852. The van der Waals surface area contributed by atoms with Crippen LogP contribution in [0.3, 0.4) is 0 Å². The summed E-state index contributed by atoms with van der Waals surface area (Å²) in [6.07, 6.45) is 13.8. The molecule has 298 valence electrons. The van der Waals surface area contributed by atoms with Gasteiger partial charge in [-0.15, -0.1) is 6.58 Å². The molecule has 3 saturated heterocycles. The SMILES string of the molecule is C=CCCC1=Cc2cc(Nc3nc(N4CCN(CC5CCN(c6ccc7c(C8CCC(=C)NC8=C)nn(C)c7c6)CC5)CC4)ncc3Cl)cnc2N(C(C)C)C1=C. The number of allylic oxidation sites excluding steroid dienone is 4. The number of nitrogens with one attached hydrogen (secondary N) is 2. The first-order valence-electron chi connectivity index (χ1n) is 20.5. The molecule has 8 rings (SSSR count). The molecule has 57 heavy (non-hydrogen) atoms. The molecule has 0 amide bonds. The summed E-state index contributed by atoms with van der Waals surface area (Å²) in [5.74, 6) is 3.07. The molecule has 1 aromatic carbocycles. The molecule has 4 aliphatic rings. The third kappa shape index (κ3) is 8.05. The fourth-order valence-corrected chi connectivity index (χ4v) is 9.08. The number of aromatic nitrogens is 5. The molecule has 4 aromatic rings. The number of benzene rings is 1. The van der Waals surface area contributed by atoms with Crippen LogP contribution in [0.25, 0.3) is 17.0 Å². The Morgan fingerprint density at radius 1 is 0.982 bits per heavy atom. The zero-order chi connectivity index (χ0) is 39.8. The summed E-state index contributed by atoms with van der Waals surface area (Å²) in [5, 5.41) is 13.5. The van der Waals surface area contributed by atoms with Gasteiger partial charge in [-0.1, -0.05) is 37.4 Å². The summed E-state index contributed by atoms with van der Waals surface area (Å²) in [5.41, 5.74) is 9.67. The van der Waals surface area contributed by atoms with Crippen LogP contribution in [-0.2, 0) is 7.05 Å². The fraction of sp³-hybridized carbons (Fsp3) is 0.422. The van der Waals surface area contributed by atoms with Crippen molar-refractivity contribution in [3.05, 3.63) is 108 Å². The summed E-state index contributed by atoms with van der Waals surface area (Å²) in [6, 6.07) is 9.21. The van der Waals surface area contributed by atoms with E-state index in [1.54, 1.807) is 6.20 Å². The van der Waals surface area contributed by atoms with Gasteiger partial charge in [0.05, 0.1) is 29.3 Å². The second-order valence-electron chi connectivity index (χ2n) is 16.3. The maximum Gasteiger partial charge on any atom is 0.227 e. The van der Waals surface area contributed by atoms with E-state index in [2.05, 4.69) is 113 Å². The van der Waals surface area contributed by atoms with Gasteiger partial charge in [-0.2, -0.15) is 10.1 Å². The van der Waals surface area contributed by atoms with Crippen molar-refractivity contribution in [2.75, 3.05) is 65.8 Å². The Morgan fingerprint density at radius 2 is 1.77 bits per heavy atom. The van der Waals surface area contributed by atoms with Gasteiger partial charge >= 0.3 is 0 Å². The zero-order valence-electron chi connectivity index (χ0n) is 33.8. The monoisotopic (exact) mass is 785 g/mol. The van der Waals surface area contributed by atoms with Crippen molar-refractivity contribution < 1.29 is 0 Å². The van der Waals surface area contributed by atoms with Crippen molar-refractivity contribution in [3.63, 3.8) is 0 Å². The highest BCUT2D eigenvalue weighted by Gasteiger charge is 2.29. The van der Waals surface area contributed by atoms with Crippen LogP contribution in [0, 0.1) is 5.92 Å². The van der Waals surface area contributed by atoms with Gasteiger partial charge in [0, 0.05) is 98.5 Å². The molecule has 1 unspecified atom stereocenters. The Kier molecular flexibility index (Phi) is 11.1. The van der Waals surface area contributed by atoms with Crippen LogP contribution in [0.1, 0.15) is 69.5 Å². The number of halogens is 1. The summed E-state index contributed by atoms with van der Waals surface area (Å²) in [6.45, 7) is 28.0. The van der Waals surface area contributed by atoms with E-state index in [9.17, 15) is 0 Å². The highest BCUT2D eigenvalue weighted by molar-refractivity contribution is 6.32. The van der Waals surface area contributed by atoms with E-state index in [1.807, 2.05) is 17.0 Å². The van der Waals surface area contributed by atoms with Crippen LogP contribution in [0.4, 0.5) is 29.0 Å². The molecule has 0 bridgehead atoms. The number of anilines is 5. The molecule has 7 heterocycles. The minimum absolute atomic E-state index is 0.206. The lowest BCUT2D eigenvalue weighted by Gasteiger charge is -2.39. The third-order valence-corrected chi connectivity index (χ3v) is 12.4. The Labute approximate surface area is 342 Å². The summed E-state index contributed by atoms with van der Waals surface area (Å²) in [4.78, 5) is 24.0. The van der Waals surface area contributed by atoms with E-state index in [1.165, 1.54) is 35.0 Å². The molecule has 4 aliphatic heterocycles. The lowest BCUT2D eigenvalue weighted by molar-refractivity contribution is 0.201. The zero-order valence-corrected chi connectivity index (χ0v) is 34.5. The van der Waals surface area contributed by atoms with Crippen LogP contribution in [-0.4, -0.2) is 81.5 Å². The predicted octanol–water partition coefficient (Wildman–Crippen LogP) is 8.78. The Hall–Kier alpha value is -5.13. The van der Waals surface area contributed by atoms with Crippen molar-refractivity contribution >= 4 is 57.5 Å². The van der Waals surface area contributed by atoms with Crippen LogP contribution in [0.15, 0.2) is 91.7 Å². The van der Waals surface area contributed by atoms with Crippen molar-refractivity contribution in [1.82, 2.24) is 34.9 Å². The molecular weight excluding hydrogens is 730 g/mol. The number of hydrogen-bond acceptors (Lipinski definition) is 10. The van der Waals surface area contributed by atoms with Gasteiger partial charge in [-0.05, 0) is 94.2 Å². The van der Waals surface area contributed by atoms with Gasteiger partial charge in [-0.3, -0.25) is 9.58 Å². The van der Waals surface area contributed by atoms with Crippen molar-refractivity contribution in [2.45, 2.75) is 64.3 Å². The smallest absolute Gasteiger partial charge is 0.227 e. The standard InChI is InChI=1S/C45H56ClN11/c1-8-9-10-34-23-35-24-36(26-47-44(35)57(29(2)3)32(34)6)50-43-40(46)27-48-45(51-43)56-21-19-54(20-22-56)28-33-15-17-55(18-16-33)37-12-14-39-41(25-37)53(7)52-42(39)38-13-11-30(4)49-31(38)5/h8,12,14,23-27,29,33,38,49H,1,4-6,9-11,13,15-22,28H2,2-3,7H3,(H,48,50,51). The molecule has 3 fully saturated rings. The summed E-state index contributed by atoms with van der Waals surface area (Å²) in [7, 11) is 2.05. The molecule has 2 N–H and O–H groups in total. The van der Waals surface area contributed by atoms with Crippen molar-refractivity contribution in [2.24, 2.45) is 13.0 Å². The number of fused-ring (bicyclic) bond motifs is 2. The highest BCUT2D eigenvalue weighted by atomic mass is 35.5. The number of hydrogen-bond donors (Lipinski definition) is 2. The number of aryl methyl sites for hydroxylation is 1. The van der Waals surface area contributed by atoms with Gasteiger partial charge in [0.1, 0.15) is 10.8 Å². The summed E-state index contributed by atoms with van der Waals surface area (Å²) < 4.78 is 2.03. The predicted molar refractivity (Wildman–Crippen MR) is 236 cm³/mol. The number of nitrogens with zero attached hydrogens (tertiary/aromatic N) is 9. The van der Waals surface area contributed by atoms with E-state index in [4.69, 9.17) is 26.7 Å². The van der Waals surface area contributed by atoms with Gasteiger partial charge < -0.3 is 25.3 Å². The number of pyridine rings is 1. The molecule has 0 spiro atoms. The average molecular weight is 786 g/mol. The number of piperidine rings is 2. The van der Waals surface area contributed by atoms with E-state index in [-0.39, 0.29) is 12.0 Å². The van der Waals surface area contributed by atoms with Gasteiger partial charge in [0.15, 0.2) is 5.82 Å². The van der Waals surface area contributed by atoms with Crippen LogP contribution < -0.4 is 25.3 Å². The van der Waals surface area contributed by atoms with Crippen molar-refractivity contribution in [1.29, 1.82) is 0 Å². The number of piperazine rings is 1. The lowest BCUT2D eigenvalue weighted by Crippen LogP contribution is -2.49. The molecule has 3 aromatic heterocycles. The average Bonchev–Trinajstić information content (AvgIpc) is 3.53. The first-order chi connectivity index (χ1) is 27.6. The molecule has 0 aliphatic carbocycles. The molecule has 0 radical (unpaired) electrons. The second-order valence-corrected chi connectivity index (χ2v) is 16.7. The fourth-order valence-electron chi connectivity index (χ4n) is 8.94. The van der Waals surface area contributed by atoms with Gasteiger partial charge in [0.2, 0.25) is 5.95 Å². The highest BCUT2D eigenvalue weighted by Crippen LogP contribution is 2.39. The molecule has 1 atom stereocenters. The van der Waals surface area contributed by atoms with E-state index in [0.717, 1.165) is 111 Å². The Bertz CT molecular complexity index is 2220. The molecule has 0 saturated carbocycles. The van der Waals surface area contributed by atoms with E-state index >= 15 is 0 Å². The number of rotatable bonds is 11. The molecular formula is C45H56ClN11. The van der Waals surface area contributed by atoms with Gasteiger partial charge in [0.25, 0.3) is 0 Å². The van der Waals surface area contributed by atoms with Gasteiger partial charge in [-0.25, -0.2) is 9.97 Å². The summed E-state index contributed by atoms with van der Waals surface area (Å²) >= 11 is 6.65. The quantitative estimate of drug-likeness (QED) is 0.144. The van der Waals surface area contributed by atoms with Crippen LogP contribution in [0.2, 0.25) is 5.02 Å². The van der Waals surface area contributed by atoms with E-state index < -0.39 is 0 Å². The minimum Gasteiger partial charge on any atom is -0.371 e. The third-order valence-electron chi connectivity index (χ3n) is 12.1. The lowest BCUT2D eigenvalue weighted by atomic mass is 9.90. The van der Waals surface area contributed by atoms with Crippen LogP contribution in [0.5, 0.6) is 0 Å². The molecule has 11 nitrogen and oxygen atoms in total. The van der Waals surface area contributed by atoms with Crippen molar-refractivity contribution in [3.8, 4) is 0 Å². The first-order valence-corrected chi connectivity index (χ1v) is 20.9. The largest absolute Gasteiger partial charge is 0.371 e. The first kappa shape index (κ1) is 38.7. The minimum atomic E-state index is 0.206. The maximum absolute atomic E-state index is 6.65. The normalized spacial score (nSPS) is 19.6. The maximum atomic E-state index is 6.65. The van der Waals surface area contributed by atoms with Crippen LogP contribution >= 0.6 is 11.6 Å². The topological polar surface area (TPSA) is 93.5 Å².